The Bertz CT molecular complexity index is 907. The molecule has 26 heavy (non-hydrogen) atoms. The molecular formula is C18H18ClNO6. The first kappa shape index (κ1) is 18.3. The van der Waals surface area contributed by atoms with Gasteiger partial charge in [0.2, 0.25) is 0 Å². The quantitative estimate of drug-likeness (QED) is 0.775. The van der Waals surface area contributed by atoms with Crippen molar-refractivity contribution in [3.05, 3.63) is 45.2 Å². The summed E-state index contributed by atoms with van der Waals surface area (Å²) >= 11 is 6.31. The lowest BCUT2D eigenvalue weighted by atomic mass is 10.1. The lowest BCUT2D eigenvalue weighted by Gasteiger charge is -2.29. The minimum Gasteiger partial charge on any atom is -0.492 e. The van der Waals surface area contributed by atoms with Gasteiger partial charge in [-0.15, -0.1) is 0 Å². The van der Waals surface area contributed by atoms with Crippen LogP contribution >= 0.6 is 11.6 Å². The number of methoxy groups -OCH3 is 1. The van der Waals surface area contributed by atoms with E-state index in [2.05, 4.69) is 0 Å². The highest BCUT2D eigenvalue weighted by atomic mass is 35.5. The summed E-state index contributed by atoms with van der Waals surface area (Å²) in [5.41, 5.74) is 0.268. The molecule has 0 spiro atoms. The van der Waals surface area contributed by atoms with E-state index < -0.39 is 17.6 Å². The number of aromatic nitrogens is 1. The minimum atomic E-state index is -1.28. The SMILES string of the molecule is COCCCOc1cc2c(cc1Cl)-c1cc(=O)c(C(=O)O)cn1[C@H](C)O2. The predicted octanol–water partition coefficient (Wildman–Crippen LogP) is 3.19. The number of benzene rings is 1. The molecule has 7 nitrogen and oxygen atoms in total. The van der Waals surface area contributed by atoms with Gasteiger partial charge in [0.1, 0.15) is 17.1 Å². The molecule has 1 atom stereocenters. The number of fused-ring (bicyclic) bond motifs is 3. The maximum Gasteiger partial charge on any atom is 0.341 e. The van der Waals surface area contributed by atoms with Gasteiger partial charge in [-0.3, -0.25) is 4.79 Å². The summed E-state index contributed by atoms with van der Waals surface area (Å²) in [6.45, 7) is 2.79. The molecule has 0 aliphatic carbocycles. The summed E-state index contributed by atoms with van der Waals surface area (Å²) in [6, 6.07) is 4.62. The molecule has 0 bridgehead atoms. The molecule has 1 aromatic carbocycles. The molecule has 3 rings (SSSR count). The zero-order valence-corrected chi connectivity index (χ0v) is 15.1. The Balaban J connectivity index is 2.01. The number of pyridine rings is 1. The number of halogens is 1. The summed E-state index contributed by atoms with van der Waals surface area (Å²) in [4.78, 5) is 23.3. The summed E-state index contributed by atoms with van der Waals surface area (Å²) in [6.07, 6.45) is 1.52. The highest BCUT2D eigenvalue weighted by Gasteiger charge is 2.26. The van der Waals surface area contributed by atoms with Gasteiger partial charge in [0, 0.05) is 44.0 Å². The van der Waals surface area contributed by atoms with Crippen LogP contribution in [-0.4, -0.2) is 36.0 Å². The van der Waals surface area contributed by atoms with Crippen molar-refractivity contribution in [3.63, 3.8) is 0 Å². The maximum absolute atomic E-state index is 12.1. The van der Waals surface area contributed by atoms with Gasteiger partial charge in [0.25, 0.3) is 0 Å². The van der Waals surface area contributed by atoms with Gasteiger partial charge >= 0.3 is 5.97 Å². The highest BCUT2D eigenvalue weighted by Crippen LogP contribution is 2.43. The Morgan fingerprint density at radius 3 is 2.81 bits per heavy atom. The summed E-state index contributed by atoms with van der Waals surface area (Å²) < 4.78 is 18.1. The predicted molar refractivity (Wildman–Crippen MR) is 95.4 cm³/mol. The van der Waals surface area contributed by atoms with Crippen molar-refractivity contribution in [1.82, 2.24) is 4.57 Å². The fourth-order valence-corrected chi connectivity index (χ4v) is 3.01. The number of carbonyl (C=O) groups is 1. The zero-order valence-electron chi connectivity index (χ0n) is 14.3. The van der Waals surface area contributed by atoms with E-state index in [0.29, 0.717) is 41.0 Å². The fourth-order valence-electron chi connectivity index (χ4n) is 2.80. The second-order valence-electron chi connectivity index (χ2n) is 5.84. The monoisotopic (exact) mass is 379 g/mol. The van der Waals surface area contributed by atoms with Crippen LogP contribution in [0.1, 0.15) is 29.9 Å². The van der Waals surface area contributed by atoms with Crippen LogP contribution in [0.25, 0.3) is 11.3 Å². The van der Waals surface area contributed by atoms with Crippen LogP contribution in [-0.2, 0) is 4.74 Å². The smallest absolute Gasteiger partial charge is 0.341 e. The van der Waals surface area contributed by atoms with Crippen molar-refractivity contribution in [2.24, 2.45) is 0 Å². The molecule has 1 N–H and O–H groups in total. The van der Waals surface area contributed by atoms with Crippen molar-refractivity contribution in [3.8, 4) is 22.8 Å². The molecule has 0 amide bonds. The Labute approximate surface area is 154 Å². The van der Waals surface area contributed by atoms with E-state index >= 15 is 0 Å². The molecule has 0 saturated heterocycles. The number of carboxylic acids is 1. The second-order valence-corrected chi connectivity index (χ2v) is 6.25. The average molecular weight is 380 g/mol. The molecule has 138 valence electrons. The molecule has 0 unspecified atom stereocenters. The first-order chi connectivity index (χ1) is 12.4. The summed E-state index contributed by atoms with van der Waals surface area (Å²) in [7, 11) is 1.62. The van der Waals surface area contributed by atoms with Crippen molar-refractivity contribution in [2.45, 2.75) is 19.6 Å². The van der Waals surface area contributed by atoms with E-state index in [4.69, 9.17) is 30.9 Å². The number of hydrogen-bond donors (Lipinski definition) is 1. The average Bonchev–Trinajstić information content (AvgIpc) is 2.59. The van der Waals surface area contributed by atoms with Gasteiger partial charge < -0.3 is 23.9 Å². The Morgan fingerprint density at radius 1 is 1.35 bits per heavy atom. The lowest BCUT2D eigenvalue weighted by molar-refractivity contribution is 0.0692. The first-order valence-electron chi connectivity index (χ1n) is 8.04. The van der Waals surface area contributed by atoms with E-state index in [-0.39, 0.29) is 5.56 Å². The van der Waals surface area contributed by atoms with Gasteiger partial charge in [-0.25, -0.2) is 4.79 Å². The minimum absolute atomic E-state index is 0.308. The van der Waals surface area contributed by atoms with Crippen LogP contribution in [0.2, 0.25) is 5.02 Å². The molecule has 1 aliphatic heterocycles. The molecule has 0 radical (unpaired) electrons. The molecule has 2 heterocycles. The third kappa shape index (κ3) is 3.40. The first-order valence-corrected chi connectivity index (χ1v) is 8.42. The summed E-state index contributed by atoms with van der Waals surface area (Å²) in [5.74, 6) is -0.279. The second kappa shape index (κ2) is 7.39. The Kier molecular flexibility index (Phi) is 5.20. The standard InChI is InChI=1S/C18H18ClNO6/c1-10-20-9-12(18(22)23)15(21)7-14(20)11-6-13(19)17(8-16(11)26-10)25-5-3-4-24-2/h6-10H,3-5H2,1-2H3,(H,22,23)/t10-/m0/s1. The van der Waals surface area contributed by atoms with Crippen LogP contribution < -0.4 is 14.9 Å². The highest BCUT2D eigenvalue weighted by molar-refractivity contribution is 6.32. The van der Waals surface area contributed by atoms with Crippen molar-refractivity contribution >= 4 is 17.6 Å². The molecular weight excluding hydrogens is 362 g/mol. The number of carboxylic acid groups (broad SMARTS) is 1. The van der Waals surface area contributed by atoms with Crippen molar-refractivity contribution in [2.75, 3.05) is 20.3 Å². The van der Waals surface area contributed by atoms with Crippen LogP contribution in [0, 0.1) is 0 Å². The van der Waals surface area contributed by atoms with Gasteiger partial charge in [-0.05, 0) is 13.0 Å². The van der Waals surface area contributed by atoms with E-state index in [0.717, 1.165) is 6.42 Å². The maximum atomic E-state index is 12.1. The number of nitrogens with zero attached hydrogens (tertiary/aromatic N) is 1. The van der Waals surface area contributed by atoms with Crippen LogP contribution in [0.4, 0.5) is 0 Å². The third-order valence-electron chi connectivity index (χ3n) is 4.06. The number of aromatic carboxylic acids is 1. The Hall–Kier alpha value is -2.51. The molecule has 2 aromatic rings. The van der Waals surface area contributed by atoms with E-state index in [1.54, 1.807) is 30.7 Å². The number of ether oxygens (including phenoxy) is 3. The lowest BCUT2D eigenvalue weighted by Crippen LogP contribution is -2.25. The molecule has 1 aliphatic rings. The van der Waals surface area contributed by atoms with Crippen LogP contribution in [0.3, 0.4) is 0 Å². The Morgan fingerprint density at radius 2 is 2.12 bits per heavy atom. The van der Waals surface area contributed by atoms with Gasteiger partial charge in [-0.1, -0.05) is 11.6 Å². The number of hydrogen-bond acceptors (Lipinski definition) is 5. The summed E-state index contributed by atoms with van der Waals surface area (Å²) in [5, 5.41) is 9.52. The topological polar surface area (TPSA) is 87.0 Å². The zero-order chi connectivity index (χ0) is 18.8. The van der Waals surface area contributed by atoms with Crippen molar-refractivity contribution in [1.29, 1.82) is 0 Å². The van der Waals surface area contributed by atoms with Crippen LogP contribution in [0.15, 0.2) is 29.2 Å². The number of rotatable bonds is 6. The normalized spacial score (nSPS) is 15.0. The molecule has 1 aromatic heterocycles. The van der Waals surface area contributed by atoms with Gasteiger partial charge in [0.05, 0.1) is 17.3 Å². The largest absolute Gasteiger partial charge is 0.492 e. The molecule has 8 heteroatoms. The van der Waals surface area contributed by atoms with E-state index in [9.17, 15) is 9.59 Å². The van der Waals surface area contributed by atoms with E-state index in [1.807, 2.05) is 0 Å². The third-order valence-corrected chi connectivity index (χ3v) is 4.36. The molecule has 0 saturated carbocycles. The van der Waals surface area contributed by atoms with Crippen LogP contribution in [0.5, 0.6) is 11.5 Å². The van der Waals surface area contributed by atoms with Gasteiger partial charge in [0.15, 0.2) is 11.7 Å². The molecule has 0 fully saturated rings. The van der Waals surface area contributed by atoms with Crippen molar-refractivity contribution < 1.29 is 24.1 Å². The van der Waals surface area contributed by atoms with E-state index in [1.165, 1.54) is 12.3 Å². The van der Waals surface area contributed by atoms with Gasteiger partial charge in [-0.2, -0.15) is 0 Å². The fraction of sp³-hybridized carbons (Fsp3) is 0.333.